The van der Waals surface area contributed by atoms with Crippen molar-refractivity contribution in [1.29, 1.82) is 0 Å². The molecule has 0 spiro atoms. The molecule has 1 nitrogen and oxygen atoms in total. The summed E-state index contributed by atoms with van der Waals surface area (Å²) in [5.41, 5.74) is 3.03. The summed E-state index contributed by atoms with van der Waals surface area (Å²) in [5.74, 6) is 0. The quantitative estimate of drug-likeness (QED) is 0.839. The highest BCUT2D eigenvalue weighted by atomic mass is 32.1. The highest BCUT2D eigenvalue weighted by Crippen LogP contribution is 2.30. The molecule has 2 aromatic rings. The SMILES string of the molecule is CC1(NCc2cc(-c3ccccc3)cs2)CCCC1. The molecule has 3 rings (SSSR count). The Morgan fingerprint density at radius 2 is 1.84 bits per heavy atom. The Kier molecular flexibility index (Phi) is 3.72. The third-order valence-electron chi connectivity index (χ3n) is 4.16. The molecule has 0 atom stereocenters. The molecule has 1 aromatic heterocycles. The van der Waals surface area contributed by atoms with E-state index in [9.17, 15) is 0 Å². The van der Waals surface area contributed by atoms with E-state index in [1.807, 2.05) is 11.3 Å². The molecule has 2 heteroatoms. The van der Waals surface area contributed by atoms with E-state index in [2.05, 4.69) is 54.0 Å². The van der Waals surface area contributed by atoms with Crippen LogP contribution in [0.1, 0.15) is 37.5 Å². The van der Waals surface area contributed by atoms with E-state index in [0.717, 1.165) is 6.54 Å². The third kappa shape index (κ3) is 3.07. The third-order valence-corrected chi connectivity index (χ3v) is 5.09. The second-order valence-corrected chi connectivity index (χ2v) is 6.78. The number of nitrogens with one attached hydrogen (secondary N) is 1. The fraction of sp³-hybridized carbons (Fsp3) is 0.412. The predicted octanol–water partition coefficient (Wildman–Crippen LogP) is 4.84. The molecule has 0 unspecified atom stereocenters. The van der Waals surface area contributed by atoms with Gasteiger partial charge in [-0.2, -0.15) is 0 Å². The van der Waals surface area contributed by atoms with E-state index in [-0.39, 0.29) is 0 Å². The molecule has 0 aliphatic heterocycles. The van der Waals surface area contributed by atoms with Crippen LogP contribution in [-0.2, 0) is 6.54 Å². The van der Waals surface area contributed by atoms with E-state index < -0.39 is 0 Å². The highest BCUT2D eigenvalue weighted by Gasteiger charge is 2.27. The molecule has 1 N–H and O–H groups in total. The lowest BCUT2D eigenvalue weighted by Crippen LogP contribution is -2.38. The summed E-state index contributed by atoms with van der Waals surface area (Å²) in [6.07, 6.45) is 5.40. The fourth-order valence-corrected chi connectivity index (χ4v) is 3.72. The fourth-order valence-electron chi connectivity index (χ4n) is 2.89. The number of hydrogen-bond acceptors (Lipinski definition) is 2. The van der Waals surface area contributed by atoms with Crippen molar-refractivity contribution < 1.29 is 0 Å². The van der Waals surface area contributed by atoms with Crippen LogP contribution >= 0.6 is 11.3 Å². The van der Waals surface area contributed by atoms with Crippen LogP contribution in [-0.4, -0.2) is 5.54 Å². The first-order valence-corrected chi connectivity index (χ1v) is 8.01. The normalized spacial score (nSPS) is 17.7. The van der Waals surface area contributed by atoms with Crippen LogP contribution in [0.4, 0.5) is 0 Å². The van der Waals surface area contributed by atoms with Gasteiger partial charge in [0, 0.05) is 17.0 Å². The standard InChI is InChI=1S/C17H21NS/c1-17(9-5-6-10-17)18-12-16-11-15(13-19-16)14-7-3-2-4-8-14/h2-4,7-8,11,13,18H,5-6,9-10,12H2,1H3. The van der Waals surface area contributed by atoms with E-state index in [1.54, 1.807) is 0 Å². The van der Waals surface area contributed by atoms with Crippen molar-refractivity contribution in [2.75, 3.05) is 0 Å². The maximum absolute atomic E-state index is 3.75. The van der Waals surface area contributed by atoms with Gasteiger partial charge in [-0.1, -0.05) is 43.2 Å². The van der Waals surface area contributed by atoms with Gasteiger partial charge in [0.2, 0.25) is 0 Å². The largest absolute Gasteiger partial charge is 0.307 e. The minimum Gasteiger partial charge on any atom is -0.307 e. The summed E-state index contributed by atoms with van der Waals surface area (Å²) in [7, 11) is 0. The van der Waals surface area contributed by atoms with Gasteiger partial charge < -0.3 is 5.32 Å². The molecule has 100 valence electrons. The molecule has 1 heterocycles. The second kappa shape index (κ2) is 5.48. The summed E-state index contributed by atoms with van der Waals surface area (Å²) in [5, 5.41) is 6.02. The van der Waals surface area contributed by atoms with Gasteiger partial charge >= 0.3 is 0 Å². The Hall–Kier alpha value is -1.12. The zero-order valence-corrected chi connectivity index (χ0v) is 12.3. The van der Waals surface area contributed by atoms with Crippen molar-refractivity contribution in [3.63, 3.8) is 0 Å². The van der Waals surface area contributed by atoms with Gasteiger partial charge in [-0.3, -0.25) is 0 Å². The molecule has 1 aliphatic rings. The predicted molar refractivity (Wildman–Crippen MR) is 83.5 cm³/mol. The van der Waals surface area contributed by atoms with Gasteiger partial charge in [0.25, 0.3) is 0 Å². The zero-order valence-electron chi connectivity index (χ0n) is 11.5. The molecular formula is C17H21NS. The summed E-state index contributed by atoms with van der Waals surface area (Å²) >= 11 is 1.86. The Morgan fingerprint density at radius 1 is 1.11 bits per heavy atom. The van der Waals surface area contributed by atoms with Gasteiger partial charge in [-0.15, -0.1) is 11.3 Å². The van der Waals surface area contributed by atoms with Gasteiger partial charge in [0.1, 0.15) is 0 Å². The minimum absolute atomic E-state index is 0.372. The summed E-state index contributed by atoms with van der Waals surface area (Å²) in [6, 6.07) is 13.0. The van der Waals surface area contributed by atoms with Crippen LogP contribution in [0.25, 0.3) is 11.1 Å². The van der Waals surface area contributed by atoms with E-state index in [0.29, 0.717) is 5.54 Å². The van der Waals surface area contributed by atoms with Crippen molar-refractivity contribution in [3.05, 3.63) is 46.7 Å². The topological polar surface area (TPSA) is 12.0 Å². The molecule has 0 bridgehead atoms. The van der Waals surface area contributed by atoms with Crippen molar-refractivity contribution in [3.8, 4) is 11.1 Å². The molecule has 1 aliphatic carbocycles. The number of hydrogen-bond donors (Lipinski definition) is 1. The van der Waals surface area contributed by atoms with Gasteiger partial charge in [0.05, 0.1) is 0 Å². The van der Waals surface area contributed by atoms with E-state index >= 15 is 0 Å². The smallest absolute Gasteiger partial charge is 0.0304 e. The summed E-state index contributed by atoms with van der Waals surface area (Å²) in [4.78, 5) is 1.44. The average molecular weight is 271 g/mol. The Balaban J connectivity index is 1.65. The number of rotatable bonds is 4. The molecule has 1 fully saturated rings. The summed E-state index contributed by atoms with van der Waals surface area (Å²) in [6.45, 7) is 3.37. The van der Waals surface area contributed by atoms with E-state index in [1.165, 1.54) is 41.7 Å². The molecule has 1 saturated carbocycles. The molecule has 0 amide bonds. The minimum atomic E-state index is 0.372. The molecule has 19 heavy (non-hydrogen) atoms. The lowest BCUT2D eigenvalue weighted by Gasteiger charge is -2.24. The monoisotopic (exact) mass is 271 g/mol. The van der Waals surface area contributed by atoms with E-state index in [4.69, 9.17) is 0 Å². The first-order valence-electron chi connectivity index (χ1n) is 7.13. The average Bonchev–Trinajstić information content (AvgIpc) is 3.07. The highest BCUT2D eigenvalue weighted by molar-refractivity contribution is 7.10. The second-order valence-electron chi connectivity index (χ2n) is 5.79. The maximum atomic E-state index is 3.75. The Bertz CT molecular complexity index is 523. The zero-order chi connectivity index (χ0) is 13.1. The van der Waals surface area contributed by atoms with Crippen LogP contribution < -0.4 is 5.32 Å². The molecule has 0 radical (unpaired) electrons. The Labute approximate surface area is 119 Å². The molecule has 1 aromatic carbocycles. The van der Waals surface area contributed by atoms with Crippen molar-refractivity contribution >= 4 is 11.3 Å². The van der Waals surface area contributed by atoms with Gasteiger partial charge in [0.15, 0.2) is 0 Å². The van der Waals surface area contributed by atoms with Crippen LogP contribution in [0.2, 0.25) is 0 Å². The van der Waals surface area contributed by atoms with Crippen LogP contribution in [0.5, 0.6) is 0 Å². The van der Waals surface area contributed by atoms with Crippen LogP contribution in [0.15, 0.2) is 41.8 Å². The van der Waals surface area contributed by atoms with Crippen LogP contribution in [0.3, 0.4) is 0 Å². The first kappa shape index (κ1) is 12.9. The van der Waals surface area contributed by atoms with Crippen molar-refractivity contribution in [2.24, 2.45) is 0 Å². The Morgan fingerprint density at radius 3 is 2.58 bits per heavy atom. The number of benzene rings is 1. The number of thiophene rings is 1. The summed E-state index contributed by atoms with van der Waals surface area (Å²) < 4.78 is 0. The first-order chi connectivity index (χ1) is 9.25. The molecular weight excluding hydrogens is 250 g/mol. The van der Waals surface area contributed by atoms with Crippen molar-refractivity contribution in [1.82, 2.24) is 5.32 Å². The van der Waals surface area contributed by atoms with Crippen molar-refractivity contribution in [2.45, 2.75) is 44.7 Å². The lowest BCUT2D eigenvalue weighted by atomic mass is 10.0. The maximum Gasteiger partial charge on any atom is 0.0304 e. The lowest BCUT2D eigenvalue weighted by molar-refractivity contribution is 0.364. The van der Waals surface area contributed by atoms with Crippen LogP contribution in [0, 0.1) is 0 Å². The van der Waals surface area contributed by atoms with Gasteiger partial charge in [-0.25, -0.2) is 0 Å². The van der Waals surface area contributed by atoms with Gasteiger partial charge in [-0.05, 0) is 42.3 Å². The molecule has 0 saturated heterocycles.